The molecule has 0 heterocycles. The van der Waals surface area contributed by atoms with Gasteiger partial charge in [-0.3, -0.25) is 4.99 Å². The highest BCUT2D eigenvalue weighted by Crippen LogP contribution is 2.04. The van der Waals surface area contributed by atoms with Crippen molar-refractivity contribution in [1.29, 1.82) is 0 Å². The van der Waals surface area contributed by atoms with Crippen LogP contribution < -0.4 is 10.6 Å². The van der Waals surface area contributed by atoms with Crippen LogP contribution in [0.4, 0.5) is 4.39 Å². The summed E-state index contributed by atoms with van der Waals surface area (Å²) < 4.78 is 13.1. The molecule has 0 saturated heterocycles. The Kier molecular flexibility index (Phi) is 5.32. The van der Waals surface area contributed by atoms with Crippen molar-refractivity contribution in [1.82, 2.24) is 10.6 Å². The number of benzene rings is 2. The molecule has 0 spiro atoms. The first-order valence-corrected chi connectivity index (χ1v) is 6.92. The molecule has 110 valence electrons. The van der Waals surface area contributed by atoms with Gasteiger partial charge in [-0.25, -0.2) is 4.39 Å². The Morgan fingerprint density at radius 2 is 1.67 bits per heavy atom. The molecule has 0 aliphatic rings. The van der Waals surface area contributed by atoms with Gasteiger partial charge in [-0.1, -0.05) is 42.0 Å². The molecule has 21 heavy (non-hydrogen) atoms. The average molecular weight is 285 g/mol. The summed E-state index contributed by atoms with van der Waals surface area (Å²) >= 11 is 0. The van der Waals surface area contributed by atoms with E-state index in [0.717, 1.165) is 5.56 Å². The van der Waals surface area contributed by atoms with Crippen LogP contribution in [0.5, 0.6) is 0 Å². The van der Waals surface area contributed by atoms with Crippen molar-refractivity contribution in [3.63, 3.8) is 0 Å². The van der Waals surface area contributed by atoms with Gasteiger partial charge in [0.25, 0.3) is 0 Å². The number of rotatable bonds is 4. The zero-order valence-corrected chi connectivity index (χ0v) is 12.4. The van der Waals surface area contributed by atoms with Crippen LogP contribution in [0.2, 0.25) is 0 Å². The molecule has 2 N–H and O–H groups in total. The number of nitrogens with one attached hydrogen (secondary N) is 2. The Balaban J connectivity index is 1.85. The van der Waals surface area contributed by atoms with E-state index in [1.54, 1.807) is 13.1 Å². The molecule has 0 aliphatic heterocycles. The third-order valence-corrected chi connectivity index (χ3v) is 3.15. The standard InChI is InChI=1S/C17H20FN3/c1-13-6-8-14(9-7-13)11-20-17(19-2)21-12-15-4-3-5-16(18)10-15/h3-10H,11-12H2,1-2H3,(H2,19,20,21). The van der Waals surface area contributed by atoms with Gasteiger partial charge < -0.3 is 10.6 Å². The molecule has 3 nitrogen and oxygen atoms in total. The van der Waals surface area contributed by atoms with Crippen molar-refractivity contribution in [2.45, 2.75) is 20.0 Å². The number of nitrogens with zero attached hydrogens (tertiary/aromatic N) is 1. The van der Waals surface area contributed by atoms with Gasteiger partial charge in [0.1, 0.15) is 5.82 Å². The number of aliphatic imine (C=N–C) groups is 1. The molecule has 0 radical (unpaired) electrons. The molecule has 0 aromatic heterocycles. The van der Waals surface area contributed by atoms with Crippen molar-refractivity contribution in [3.05, 3.63) is 71.0 Å². The maximum absolute atomic E-state index is 13.1. The Morgan fingerprint density at radius 1 is 1.00 bits per heavy atom. The van der Waals surface area contributed by atoms with Crippen LogP contribution in [0.25, 0.3) is 0 Å². The van der Waals surface area contributed by atoms with Gasteiger partial charge in [-0.2, -0.15) is 0 Å². The second-order valence-corrected chi connectivity index (χ2v) is 4.89. The number of aryl methyl sites for hydroxylation is 1. The highest BCUT2D eigenvalue weighted by molar-refractivity contribution is 5.79. The summed E-state index contributed by atoms with van der Waals surface area (Å²) in [5, 5.41) is 6.40. The third-order valence-electron chi connectivity index (χ3n) is 3.15. The lowest BCUT2D eigenvalue weighted by atomic mass is 10.1. The summed E-state index contributed by atoms with van der Waals surface area (Å²) in [5.41, 5.74) is 3.31. The molecule has 0 fully saturated rings. The predicted octanol–water partition coefficient (Wildman–Crippen LogP) is 3.00. The van der Waals surface area contributed by atoms with Crippen LogP contribution in [-0.4, -0.2) is 13.0 Å². The largest absolute Gasteiger partial charge is 0.352 e. The van der Waals surface area contributed by atoms with E-state index >= 15 is 0 Å². The first-order chi connectivity index (χ1) is 10.2. The van der Waals surface area contributed by atoms with Crippen molar-refractivity contribution in [2.24, 2.45) is 4.99 Å². The van der Waals surface area contributed by atoms with Crippen molar-refractivity contribution in [2.75, 3.05) is 7.05 Å². The molecule has 0 bridgehead atoms. The quantitative estimate of drug-likeness (QED) is 0.669. The number of halogens is 1. The van der Waals surface area contributed by atoms with Crippen LogP contribution in [0.15, 0.2) is 53.5 Å². The van der Waals surface area contributed by atoms with Crippen LogP contribution in [0.1, 0.15) is 16.7 Å². The van der Waals surface area contributed by atoms with E-state index in [2.05, 4.69) is 46.8 Å². The lowest BCUT2D eigenvalue weighted by Crippen LogP contribution is -2.36. The smallest absolute Gasteiger partial charge is 0.191 e. The average Bonchev–Trinajstić information content (AvgIpc) is 2.49. The van der Waals surface area contributed by atoms with E-state index in [-0.39, 0.29) is 5.82 Å². The molecule has 2 rings (SSSR count). The summed E-state index contributed by atoms with van der Waals surface area (Å²) in [7, 11) is 1.72. The van der Waals surface area contributed by atoms with E-state index in [9.17, 15) is 4.39 Å². The molecule has 0 amide bonds. The Labute approximate surface area is 124 Å². The Morgan fingerprint density at radius 3 is 2.29 bits per heavy atom. The summed E-state index contributed by atoms with van der Waals surface area (Å²) in [4.78, 5) is 4.16. The topological polar surface area (TPSA) is 36.4 Å². The molecular weight excluding hydrogens is 265 g/mol. The minimum Gasteiger partial charge on any atom is -0.352 e. The fourth-order valence-electron chi connectivity index (χ4n) is 1.95. The number of guanidine groups is 1. The van der Waals surface area contributed by atoms with Gasteiger partial charge in [0.05, 0.1) is 0 Å². The van der Waals surface area contributed by atoms with Gasteiger partial charge in [0.15, 0.2) is 5.96 Å². The first-order valence-electron chi connectivity index (χ1n) is 6.92. The zero-order chi connectivity index (χ0) is 15.1. The maximum Gasteiger partial charge on any atom is 0.191 e. The lowest BCUT2D eigenvalue weighted by Gasteiger charge is -2.12. The fourth-order valence-corrected chi connectivity index (χ4v) is 1.95. The molecule has 2 aromatic rings. The molecule has 0 saturated carbocycles. The van der Waals surface area contributed by atoms with Crippen molar-refractivity contribution in [3.8, 4) is 0 Å². The molecule has 0 atom stereocenters. The highest BCUT2D eigenvalue weighted by Gasteiger charge is 2.00. The van der Waals surface area contributed by atoms with Crippen LogP contribution in [-0.2, 0) is 13.1 Å². The number of hydrogen-bond donors (Lipinski definition) is 2. The summed E-state index contributed by atoms with van der Waals surface area (Å²) in [5.74, 6) is 0.469. The summed E-state index contributed by atoms with van der Waals surface area (Å²) in [6, 6.07) is 14.9. The summed E-state index contributed by atoms with van der Waals surface area (Å²) in [6.45, 7) is 3.30. The third kappa shape index (κ3) is 4.91. The van der Waals surface area contributed by atoms with E-state index in [0.29, 0.717) is 19.0 Å². The first kappa shape index (κ1) is 15.0. The highest BCUT2D eigenvalue weighted by atomic mass is 19.1. The van der Waals surface area contributed by atoms with Crippen LogP contribution in [0.3, 0.4) is 0 Å². The minimum atomic E-state index is -0.225. The van der Waals surface area contributed by atoms with Crippen LogP contribution in [0, 0.1) is 12.7 Å². The normalized spacial score (nSPS) is 11.3. The maximum atomic E-state index is 13.1. The molecule has 4 heteroatoms. The van der Waals surface area contributed by atoms with Crippen molar-refractivity contribution >= 4 is 5.96 Å². The molecular formula is C17H20FN3. The van der Waals surface area contributed by atoms with Gasteiger partial charge >= 0.3 is 0 Å². The fraction of sp³-hybridized carbons (Fsp3) is 0.235. The minimum absolute atomic E-state index is 0.225. The summed E-state index contributed by atoms with van der Waals surface area (Å²) in [6.07, 6.45) is 0. The number of hydrogen-bond acceptors (Lipinski definition) is 1. The van der Waals surface area contributed by atoms with E-state index < -0.39 is 0 Å². The Bertz CT molecular complexity index is 606. The Hall–Kier alpha value is -2.36. The zero-order valence-electron chi connectivity index (χ0n) is 12.4. The molecule has 2 aromatic carbocycles. The van der Waals surface area contributed by atoms with Gasteiger partial charge in [0, 0.05) is 20.1 Å². The van der Waals surface area contributed by atoms with Gasteiger partial charge in [-0.05, 0) is 30.2 Å². The van der Waals surface area contributed by atoms with Gasteiger partial charge in [0.2, 0.25) is 0 Å². The van der Waals surface area contributed by atoms with Crippen molar-refractivity contribution < 1.29 is 4.39 Å². The van der Waals surface area contributed by atoms with Gasteiger partial charge in [-0.15, -0.1) is 0 Å². The second kappa shape index (κ2) is 7.43. The van der Waals surface area contributed by atoms with E-state index in [1.165, 1.54) is 23.3 Å². The predicted molar refractivity (Wildman–Crippen MR) is 84.6 cm³/mol. The SMILES string of the molecule is CN=C(NCc1ccc(C)cc1)NCc1cccc(F)c1. The van der Waals surface area contributed by atoms with E-state index in [4.69, 9.17) is 0 Å². The second-order valence-electron chi connectivity index (χ2n) is 4.89. The lowest BCUT2D eigenvalue weighted by molar-refractivity contribution is 0.624. The van der Waals surface area contributed by atoms with E-state index in [1.807, 2.05) is 6.07 Å². The molecule has 0 unspecified atom stereocenters. The monoisotopic (exact) mass is 285 g/mol. The van der Waals surface area contributed by atoms with Crippen LogP contribution >= 0.6 is 0 Å². The molecule has 0 aliphatic carbocycles.